The molecule has 4 rings (SSSR count). The Morgan fingerprint density at radius 3 is 2.52 bits per heavy atom. The lowest BCUT2D eigenvalue weighted by molar-refractivity contribution is 0.435. The summed E-state index contributed by atoms with van der Waals surface area (Å²) in [4.78, 5) is 4.26. The molecule has 0 fully saturated rings. The molecule has 2 aromatic carbocycles. The summed E-state index contributed by atoms with van der Waals surface area (Å²) in [5, 5.41) is 9.38. The van der Waals surface area contributed by atoms with Gasteiger partial charge in [0.25, 0.3) is 0 Å². The Kier molecular flexibility index (Phi) is 3.22. The van der Waals surface area contributed by atoms with Gasteiger partial charge >= 0.3 is 0 Å². The van der Waals surface area contributed by atoms with Crippen molar-refractivity contribution in [1.82, 2.24) is 4.98 Å². The summed E-state index contributed by atoms with van der Waals surface area (Å²) in [5.41, 5.74) is 21.7. The van der Waals surface area contributed by atoms with Gasteiger partial charge in [0.2, 0.25) is 5.88 Å². The number of nitrogens with two attached hydrogens (primary N) is 3. The maximum Gasteiger partial charge on any atom is 0.227 e. The predicted molar refractivity (Wildman–Crippen MR) is 96.1 cm³/mol. The standard InChI is InChI=1S/C19H15N5O/c20-9-13-17(22)16-15(10-4-2-1-3-5-10)12-7-6-11(21)8-14(12)25-19(16)24-18(13)23/h1-8,15H,21H2,(H4,22,23,24). The largest absolute Gasteiger partial charge is 0.438 e. The smallest absolute Gasteiger partial charge is 0.227 e. The summed E-state index contributed by atoms with van der Waals surface area (Å²) in [6.07, 6.45) is 0. The van der Waals surface area contributed by atoms with Crippen molar-refractivity contribution in [2.75, 3.05) is 17.2 Å². The molecule has 0 spiro atoms. The van der Waals surface area contributed by atoms with Crippen LogP contribution >= 0.6 is 0 Å². The first-order valence-electron chi connectivity index (χ1n) is 7.71. The second kappa shape index (κ2) is 5.42. The molecule has 1 aliphatic rings. The first kappa shape index (κ1) is 14.8. The topological polar surface area (TPSA) is 124 Å². The third kappa shape index (κ3) is 2.22. The fourth-order valence-electron chi connectivity index (χ4n) is 3.22. The lowest BCUT2D eigenvalue weighted by atomic mass is 9.82. The van der Waals surface area contributed by atoms with Crippen LogP contribution in [-0.2, 0) is 0 Å². The van der Waals surface area contributed by atoms with Gasteiger partial charge in [0.15, 0.2) is 0 Å². The molecular formula is C19H15N5O. The Balaban J connectivity index is 2.05. The maximum atomic E-state index is 9.38. The molecular weight excluding hydrogens is 314 g/mol. The molecule has 0 amide bonds. The van der Waals surface area contributed by atoms with E-state index in [4.69, 9.17) is 21.9 Å². The summed E-state index contributed by atoms with van der Waals surface area (Å²) in [6, 6.07) is 17.4. The number of aromatic nitrogens is 1. The number of pyridine rings is 1. The summed E-state index contributed by atoms with van der Waals surface area (Å²) in [7, 11) is 0. The molecule has 1 atom stereocenters. The van der Waals surface area contributed by atoms with Crippen LogP contribution in [0.4, 0.5) is 17.2 Å². The number of hydrogen-bond donors (Lipinski definition) is 3. The first-order chi connectivity index (χ1) is 12.1. The van der Waals surface area contributed by atoms with Crippen molar-refractivity contribution >= 4 is 17.2 Å². The van der Waals surface area contributed by atoms with Crippen LogP contribution in [0.3, 0.4) is 0 Å². The van der Waals surface area contributed by atoms with E-state index in [2.05, 4.69) is 4.98 Å². The van der Waals surface area contributed by atoms with Gasteiger partial charge in [-0.3, -0.25) is 0 Å². The van der Waals surface area contributed by atoms with E-state index in [0.29, 0.717) is 28.6 Å². The highest BCUT2D eigenvalue weighted by atomic mass is 16.5. The van der Waals surface area contributed by atoms with E-state index in [1.807, 2.05) is 48.5 Å². The van der Waals surface area contributed by atoms with Crippen LogP contribution in [-0.4, -0.2) is 4.98 Å². The monoisotopic (exact) mass is 329 g/mol. The van der Waals surface area contributed by atoms with Crippen LogP contribution in [0.1, 0.15) is 28.2 Å². The zero-order chi connectivity index (χ0) is 17.6. The minimum atomic E-state index is -0.222. The SMILES string of the molecule is N#Cc1c(N)nc2c(c1N)C(c1ccccc1)c1ccc(N)cc1O2. The molecule has 3 aromatic rings. The third-order valence-electron chi connectivity index (χ3n) is 4.36. The van der Waals surface area contributed by atoms with Crippen molar-refractivity contribution in [2.45, 2.75) is 5.92 Å². The normalized spacial score (nSPS) is 14.8. The van der Waals surface area contributed by atoms with Crippen LogP contribution in [0.25, 0.3) is 0 Å². The summed E-state index contributed by atoms with van der Waals surface area (Å²) in [6.45, 7) is 0. The summed E-state index contributed by atoms with van der Waals surface area (Å²) >= 11 is 0. The molecule has 6 heteroatoms. The van der Waals surface area contributed by atoms with E-state index in [9.17, 15) is 5.26 Å². The molecule has 0 radical (unpaired) electrons. The molecule has 0 aliphatic carbocycles. The molecule has 2 heterocycles. The fraction of sp³-hybridized carbons (Fsp3) is 0.0526. The first-order valence-corrected chi connectivity index (χ1v) is 7.71. The van der Waals surface area contributed by atoms with Gasteiger partial charge in [0.1, 0.15) is 23.2 Å². The quantitative estimate of drug-likeness (QED) is 0.461. The van der Waals surface area contributed by atoms with Gasteiger partial charge < -0.3 is 21.9 Å². The van der Waals surface area contributed by atoms with Crippen molar-refractivity contribution < 1.29 is 4.74 Å². The molecule has 122 valence electrons. The Bertz CT molecular complexity index is 1020. The minimum Gasteiger partial charge on any atom is -0.438 e. The van der Waals surface area contributed by atoms with Crippen molar-refractivity contribution in [2.24, 2.45) is 0 Å². The molecule has 6 nitrogen and oxygen atoms in total. The number of benzene rings is 2. The van der Waals surface area contributed by atoms with Gasteiger partial charge in [-0.1, -0.05) is 36.4 Å². The highest BCUT2D eigenvalue weighted by molar-refractivity contribution is 5.75. The number of ether oxygens (including phenoxy) is 1. The molecule has 6 N–H and O–H groups in total. The second-order valence-electron chi connectivity index (χ2n) is 5.86. The second-order valence-corrected chi connectivity index (χ2v) is 5.86. The Labute approximate surface area is 144 Å². The fourth-order valence-corrected chi connectivity index (χ4v) is 3.22. The van der Waals surface area contributed by atoms with E-state index in [0.717, 1.165) is 11.1 Å². The van der Waals surface area contributed by atoms with Crippen molar-refractivity contribution in [3.63, 3.8) is 0 Å². The van der Waals surface area contributed by atoms with Crippen molar-refractivity contribution in [3.8, 4) is 17.7 Å². The lowest BCUT2D eigenvalue weighted by Crippen LogP contribution is -2.17. The van der Waals surface area contributed by atoms with Gasteiger partial charge in [-0.05, 0) is 11.6 Å². The van der Waals surface area contributed by atoms with E-state index in [-0.39, 0.29) is 17.3 Å². The summed E-state index contributed by atoms with van der Waals surface area (Å²) < 4.78 is 5.91. The van der Waals surface area contributed by atoms with E-state index in [1.54, 1.807) is 6.07 Å². The number of nitrogens with zero attached hydrogens (tertiary/aromatic N) is 2. The van der Waals surface area contributed by atoms with E-state index >= 15 is 0 Å². The van der Waals surface area contributed by atoms with Gasteiger partial charge in [0.05, 0.1) is 11.3 Å². The van der Waals surface area contributed by atoms with E-state index < -0.39 is 0 Å². The van der Waals surface area contributed by atoms with Crippen LogP contribution < -0.4 is 21.9 Å². The maximum absolute atomic E-state index is 9.38. The average molecular weight is 329 g/mol. The number of fused-ring (bicyclic) bond motifs is 2. The Hall–Kier alpha value is -3.72. The number of nitrogen functional groups attached to an aromatic ring is 3. The molecule has 0 saturated heterocycles. The van der Waals surface area contributed by atoms with Gasteiger partial charge in [-0.2, -0.15) is 10.2 Å². The average Bonchev–Trinajstić information content (AvgIpc) is 2.61. The molecule has 1 aromatic heterocycles. The van der Waals surface area contributed by atoms with Crippen molar-refractivity contribution in [1.29, 1.82) is 5.26 Å². The van der Waals surface area contributed by atoms with Crippen LogP contribution in [0, 0.1) is 11.3 Å². The lowest BCUT2D eigenvalue weighted by Gasteiger charge is -2.29. The zero-order valence-corrected chi connectivity index (χ0v) is 13.2. The van der Waals surface area contributed by atoms with E-state index in [1.165, 1.54) is 0 Å². The van der Waals surface area contributed by atoms with Crippen LogP contribution in [0.15, 0.2) is 48.5 Å². The third-order valence-corrected chi connectivity index (χ3v) is 4.36. The predicted octanol–water partition coefficient (Wildman–Crippen LogP) is 2.99. The molecule has 0 saturated carbocycles. The van der Waals surface area contributed by atoms with Gasteiger partial charge in [-0.15, -0.1) is 0 Å². The van der Waals surface area contributed by atoms with Crippen molar-refractivity contribution in [3.05, 3.63) is 70.8 Å². The van der Waals surface area contributed by atoms with Crippen LogP contribution in [0.5, 0.6) is 11.6 Å². The number of rotatable bonds is 1. The Morgan fingerprint density at radius 1 is 1.04 bits per heavy atom. The molecule has 1 unspecified atom stereocenters. The molecule has 0 bridgehead atoms. The molecule has 1 aliphatic heterocycles. The van der Waals surface area contributed by atoms with Crippen LogP contribution in [0.2, 0.25) is 0 Å². The molecule has 25 heavy (non-hydrogen) atoms. The van der Waals surface area contributed by atoms with Gasteiger partial charge in [-0.25, -0.2) is 0 Å². The Morgan fingerprint density at radius 2 is 1.80 bits per heavy atom. The highest BCUT2D eigenvalue weighted by Crippen LogP contribution is 2.50. The number of nitriles is 1. The summed E-state index contributed by atoms with van der Waals surface area (Å²) in [5.74, 6) is 0.747. The van der Waals surface area contributed by atoms with Gasteiger partial charge in [0, 0.05) is 23.2 Å². The number of anilines is 3. The highest BCUT2D eigenvalue weighted by Gasteiger charge is 2.33. The zero-order valence-electron chi connectivity index (χ0n) is 13.2. The minimum absolute atomic E-state index is 0.0536. The number of hydrogen-bond acceptors (Lipinski definition) is 6.